The summed E-state index contributed by atoms with van der Waals surface area (Å²) in [5.74, 6) is 5.33. The normalized spacial score (nSPS) is 12.7. The quantitative estimate of drug-likeness (QED) is 0.658. The van der Waals surface area contributed by atoms with Crippen molar-refractivity contribution in [2.45, 2.75) is 25.8 Å². The first kappa shape index (κ1) is 15.0. The van der Waals surface area contributed by atoms with Crippen LogP contribution < -0.4 is 11.3 Å². The summed E-state index contributed by atoms with van der Waals surface area (Å²) >= 11 is 6.10. The zero-order chi connectivity index (χ0) is 14.7. The molecule has 1 aromatic carbocycles. The van der Waals surface area contributed by atoms with Gasteiger partial charge >= 0.3 is 0 Å². The van der Waals surface area contributed by atoms with E-state index < -0.39 is 0 Å². The molecule has 0 amide bonds. The predicted molar refractivity (Wildman–Crippen MR) is 77.8 cm³/mol. The Balaban J connectivity index is 2.28. The minimum absolute atomic E-state index is 0.174. The minimum atomic E-state index is -0.306. The Morgan fingerprint density at radius 1 is 1.45 bits per heavy atom. The van der Waals surface area contributed by atoms with Crippen LogP contribution in [0, 0.1) is 5.82 Å². The van der Waals surface area contributed by atoms with Crippen LogP contribution in [0.3, 0.4) is 0 Å². The molecule has 6 heteroatoms. The summed E-state index contributed by atoms with van der Waals surface area (Å²) in [4.78, 5) is 0. The van der Waals surface area contributed by atoms with Gasteiger partial charge in [-0.05, 0) is 42.7 Å². The van der Waals surface area contributed by atoms with Crippen LogP contribution >= 0.6 is 11.6 Å². The van der Waals surface area contributed by atoms with E-state index in [0.717, 1.165) is 17.8 Å². The molecule has 2 aromatic rings. The van der Waals surface area contributed by atoms with E-state index in [1.54, 1.807) is 10.7 Å². The molecule has 0 saturated heterocycles. The lowest BCUT2D eigenvalue weighted by molar-refractivity contribution is 0.506. The second-order valence-corrected chi connectivity index (χ2v) is 5.10. The lowest BCUT2D eigenvalue weighted by atomic mass is 10.0. The van der Waals surface area contributed by atoms with Crippen molar-refractivity contribution in [2.75, 3.05) is 0 Å². The fourth-order valence-corrected chi connectivity index (χ4v) is 2.41. The van der Waals surface area contributed by atoms with Crippen LogP contribution in [0.4, 0.5) is 4.39 Å². The van der Waals surface area contributed by atoms with Crippen LogP contribution in [0.5, 0.6) is 0 Å². The summed E-state index contributed by atoms with van der Waals surface area (Å²) < 4.78 is 15.1. The average molecular weight is 297 g/mol. The molecule has 1 unspecified atom stereocenters. The highest BCUT2D eigenvalue weighted by molar-refractivity contribution is 6.31. The van der Waals surface area contributed by atoms with E-state index in [2.05, 4.69) is 10.5 Å². The SMILES string of the molecule is CCc1cc(C(Cc2cc(F)ccc2Cl)NN)n(C)n1. The van der Waals surface area contributed by atoms with Crippen LogP contribution in [-0.2, 0) is 19.9 Å². The second-order valence-electron chi connectivity index (χ2n) is 4.70. The van der Waals surface area contributed by atoms with Gasteiger partial charge in [-0.1, -0.05) is 18.5 Å². The Bertz CT molecular complexity index is 597. The molecule has 108 valence electrons. The smallest absolute Gasteiger partial charge is 0.123 e. The number of benzene rings is 1. The van der Waals surface area contributed by atoms with Gasteiger partial charge in [0.15, 0.2) is 0 Å². The number of hydrogen-bond acceptors (Lipinski definition) is 3. The van der Waals surface area contributed by atoms with E-state index in [-0.39, 0.29) is 11.9 Å². The van der Waals surface area contributed by atoms with Crippen molar-refractivity contribution < 1.29 is 4.39 Å². The maximum atomic E-state index is 13.3. The summed E-state index contributed by atoms with van der Waals surface area (Å²) in [6.45, 7) is 2.04. The van der Waals surface area contributed by atoms with Gasteiger partial charge < -0.3 is 0 Å². The summed E-state index contributed by atoms with van der Waals surface area (Å²) in [6.07, 6.45) is 1.35. The van der Waals surface area contributed by atoms with Crippen LogP contribution in [0.25, 0.3) is 0 Å². The lowest BCUT2D eigenvalue weighted by Gasteiger charge is -2.17. The molecule has 4 nitrogen and oxygen atoms in total. The first-order valence-corrected chi connectivity index (χ1v) is 6.85. The molecular weight excluding hydrogens is 279 g/mol. The van der Waals surface area contributed by atoms with Crippen molar-refractivity contribution in [3.8, 4) is 0 Å². The fourth-order valence-electron chi connectivity index (χ4n) is 2.21. The van der Waals surface area contributed by atoms with Crippen molar-refractivity contribution in [3.05, 3.63) is 52.1 Å². The highest BCUT2D eigenvalue weighted by Gasteiger charge is 2.17. The molecule has 0 spiro atoms. The summed E-state index contributed by atoms with van der Waals surface area (Å²) in [6, 6.07) is 6.16. The highest BCUT2D eigenvalue weighted by Crippen LogP contribution is 2.24. The zero-order valence-electron chi connectivity index (χ0n) is 11.5. The summed E-state index contributed by atoms with van der Waals surface area (Å²) in [5, 5.41) is 4.93. The number of nitrogens with zero attached hydrogens (tertiary/aromatic N) is 2. The maximum absolute atomic E-state index is 13.3. The van der Waals surface area contributed by atoms with Crippen LogP contribution in [0.15, 0.2) is 24.3 Å². The van der Waals surface area contributed by atoms with Crippen molar-refractivity contribution in [2.24, 2.45) is 12.9 Å². The number of hydrogen-bond donors (Lipinski definition) is 2. The standard InChI is InChI=1S/C14H18ClFN4/c1-3-11-8-14(20(2)19-11)13(18-17)7-9-6-10(16)4-5-12(9)15/h4-6,8,13,18H,3,7,17H2,1-2H3. The topological polar surface area (TPSA) is 55.9 Å². The monoisotopic (exact) mass is 296 g/mol. The number of aromatic nitrogens is 2. The number of rotatable bonds is 5. The van der Waals surface area contributed by atoms with E-state index in [1.165, 1.54) is 12.1 Å². The Hall–Kier alpha value is -1.43. The van der Waals surface area contributed by atoms with Gasteiger partial charge in [-0.2, -0.15) is 5.10 Å². The Kier molecular flexibility index (Phi) is 4.75. The summed E-state index contributed by atoms with van der Waals surface area (Å²) in [5.41, 5.74) is 5.41. The third kappa shape index (κ3) is 3.17. The summed E-state index contributed by atoms with van der Waals surface area (Å²) in [7, 11) is 1.87. The molecule has 0 radical (unpaired) electrons. The fraction of sp³-hybridized carbons (Fsp3) is 0.357. The van der Waals surface area contributed by atoms with Gasteiger partial charge in [0.2, 0.25) is 0 Å². The Morgan fingerprint density at radius 2 is 2.20 bits per heavy atom. The Labute approximate surface area is 122 Å². The van der Waals surface area contributed by atoms with Crippen LogP contribution in [0.2, 0.25) is 5.02 Å². The van der Waals surface area contributed by atoms with Gasteiger partial charge in [0.1, 0.15) is 5.82 Å². The highest BCUT2D eigenvalue weighted by atomic mass is 35.5. The lowest BCUT2D eigenvalue weighted by Crippen LogP contribution is -2.31. The third-order valence-corrected chi connectivity index (χ3v) is 3.69. The number of nitrogens with one attached hydrogen (secondary N) is 1. The molecular formula is C14H18ClFN4. The largest absolute Gasteiger partial charge is 0.271 e. The number of nitrogens with two attached hydrogens (primary N) is 1. The molecule has 1 aromatic heterocycles. The molecule has 0 aliphatic rings. The zero-order valence-corrected chi connectivity index (χ0v) is 12.3. The van der Waals surface area contributed by atoms with Crippen molar-refractivity contribution in [3.63, 3.8) is 0 Å². The van der Waals surface area contributed by atoms with Gasteiger partial charge in [-0.25, -0.2) is 4.39 Å². The van der Waals surface area contributed by atoms with Crippen molar-refractivity contribution >= 4 is 11.6 Å². The van der Waals surface area contributed by atoms with Crippen molar-refractivity contribution in [1.82, 2.24) is 15.2 Å². The van der Waals surface area contributed by atoms with Gasteiger partial charge in [0, 0.05) is 12.1 Å². The molecule has 0 aliphatic heterocycles. The average Bonchev–Trinajstić information content (AvgIpc) is 2.81. The van der Waals surface area contributed by atoms with E-state index in [0.29, 0.717) is 17.0 Å². The maximum Gasteiger partial charge on any atom is 0.123 e. The molecule has 0 aliphatic carbocycles. The third-order valence-electron chi connectivity index (χ3n) is 3.32. The Morgan fingerprint density at radius 3 is 2.80 bits per heavy atom. The van der Waals surface area contributed by atoms with E-state index in [1.807, 2.05) is 20.0 Å². The van der Waals surface area contributed by atoms with Crippen molar-refractivity contribution in [1.29, 1.82) is 0 Å². The predicted octanol–water partition coefficient (Wildman–Crippen LogP) is 2.52. The second kappa shape index (κ2) is 6.35. The molecule has 2 rings (SSSR count). The number of hydrazine groups is 1. The molecule has 0 bridgehead atoms. The van der Waals surface area contributed by atoms with Crippen LogP contribution in [-0.4, -0.2) is 9.78 Å². The number of halogens is 2. The molecule has 1 heterocycles. The molecule has 0 fully saturated rings. The van der Waals surface area contributed by atoms with E-state index in [4.69, 9.17) is 17.4 Å². The molecule has 20 heavy (non-hydrogen) atoms. The van der Waals surface area contributed by atoms with Crippen LogP contribution in [0.1, 0.15) is 29.9 Å². The first-order chi connectivity index (χ1) is 9.55. The van der Waals surface area contributed by atoms with E-state index in [9.17, 15) is 4.39 Å². The van der Waals surface area contributed by atoms with Gasteiger partial charge in [0.25, 0.3) is 0 Å². The van der Waals surface area contributed by atoms with Gasteiger partial charge in [0.05, 0.1) is 17.4 Å². The van der Waals surface area contributed by atoms with Gasteiger partial charge in [-0.3, -0.25) is 16.0 Å². The number of aryl methyl sites for hydroxylation is 2. The molecule has 0 saturated carbocycles. The molecule has 3 N–H and O–H groups in total. The van der Waals surface area contributed by atoms with Gasteiger partial charge in [-0.15, -0.1) is 0 Å². The first-order valence-electron chi connectivity index (χ1n) is 6.48. The van der Waals surface area contributed by atoms with E-state index >= 15 is 0 Å². The minimum Gasteiger partial charge on any atom is -0.271 e. The molecule has 1 atom stereocenters.